The summed E-state index contributed by atoms with van der Waals surface area (Å²) in [5.74, 6) is -0.0437. The molecule has 2 aromatic heterocycles. The number of carbonyl (C=O) groups excluding carboxylic acids is 1. The maximum Gasteiger partial charge on any atom is 0.263 e. The summed E-state index contributed by atoms with van der Waals surface area (Å²) in [6.45, 7) is 0. The number of amides is 1. The minimum atomic E-state index is -0.458. The Balaban J connectivity index is 2.06. The fourth-order valence-electron chi connectivity index (χ4n) is 2.21. The van der Waals surface area contributed by atoms with Crippen LogP contribution in [0.3, 0.4) is 0 Å². The molecule has 3 aromatic rings. The number of aryl methyl sites for hydroxylation is 1. The molecule has 0 bridgehead atoms. The smallest absolute Gasteiger partial charge is 0.263 e. The Hall–Kier alpha value is -2.95. The molecule has 0 unspecified atom stereocenters. The Morgan fingerprint density at radius 3 is 2.67 bits per heavy atom. The Labute approximate surface area is 120 Å². The van der Waals surface area contributed by atoms with E-state index < -0.39 is 5.91 Å². The van der Waals surface area contributed by atoms with Gasteiger partial charge in [0.1, 0.15) is 11.4 Å². The van der Waals surface area contributed by atoms with E-state index in [2.05, 4.69) is 10.3 Å². The zero-order valence-electron chi connectivity index (χ0n) is 11.4. The summed E-state index contributed by atoms with van der Waals surface area (Å²) >= 11 is 0. The second-order valence-corrected chi connectivity index (χ2v) is 4.65. The molecular formula is C16H13N3O2. The molecule has 0 aliphatic heterocycles. The predicted octanol–water partition coefficient (Wildman–Crippen LogP) is 2.19. The molecule has 2 heterocycles. The van der Waals surface area contributed by atoms with Gasteiger partial charge in [0.25, 0.3) is 11.5 Å². The average molecular weight is 279 g/mol. The van der Waals surface area contributed by atoms with Crippen molar-refractivity contribution in [3.05, 3.63) is 70.6 Å². The van der Waals surface area contributed by atoms with Gasteiger partial charge >= 0.3 is 0 Å². The zero-order chi connectivity index (χ0) is 14.8. The number of anilines is 1. The molecule has 0 atom stereocenters. The second-order valence-electron chi connectivity index (χ2n) is 4.65. The van der Waals surface area contributed by atoms with Gasteiger partial charge in [-0.15, -0.1) is 0 Å². The molecule has 0 radical (unpaired) electrons. The molecule has 104 valence electrons. The van der Waals surface area contributed by atoms with Crippen LogP contribution in [0.4, 0.5) is 5.82 Å². The van der Waals surface area contributed by atoms with Crippen LogP contribution >= 0.6 is 0 Å². The lowest BCUT2D eigenvalue weighted by Gasteiger charge is -2.08. The molecule has 0 saturated heterocycles. The van der Waals surface area contributed by atoms with Crippen LogP contribution in [0.1, 0.15) is 10.4 Å². The third-order valence-corrected chi connectivity index (χ3v) is 3.28. The zero-order valence-corrected chi connectivity index (χ0v) is 11.4. The van der Waals surface area contributed by atoms with Crippen LogP contribution in [0.25, 0.3) is 10.9 Å². The van der Waals surface area contributed by atoms with E-state index in [1.807, 2.05) is 24.3 Å². The Bertz CT molecular complexity index is 870. The van der Waals surface area contributed by atoms with Gasteiger partial charge in [-0.05, 0) is 29.7 Å². The lowest BCUT2D eigenvalue weighted by Crippen LogP contribution is -2.28. The van der Waals surface area contributed by atoms with Crippen LogP contribution in [0.5, 0.6) is 0 Å². The number of hydrogen-bond acceptors (Lipinski definition) is 3. The number of pyridine rings is 2. The molecule has 1 amide bonds. The summed E-state index contributed by atoms with van der Waals surface area (Å²) in [6.07, 6.45) is 1.58. The largest absolute Gasteiger partial charge is 0.311 e. The fourth-order valence-corrected chi connectivity index (χ4v) is 2.21. The van der Waals surface area contributed by atoms with Gasteiger partial charge < -0.3 is 9.88 Å². The number of para-hydroxylation sites is 1. The summed E-state index contributed by atoms with van der Waals surface area (Å²) in [6, 6.07) is 14.2. The highest BCUT2D eigenvalue weighted by Crippen LogP contribution is 2.13. The Kier molecular flexibility index (Phi) is 3.23. The first-order valence-electron chi connectivity index (χ1n) is 6.48. The number of nitrogens with one attached hydrogen (secondary N) is 1. The normalized spacial score (nSPS) is 10.5. The van der Waals surface area contributed by atoms with E-state index in [-0.39, 0.29) is 11.1 Å². The van der Waals surface area contributed by atoms with Crippen molar-refractivity contribution in [1.82, 2.24) is 9.55 Å². The second kappa shape index (κ2) is 5.20. The van der Waals surface area contributed by atoms with Crippen LogP contribution < -0.4 is 10.9 Å². The Morgan fingerprint density at radius 1 is 1.14 bits per heavy atom. The monoisotopic (exact) mass is 279 g/mol. The molecule has 0 fully saturated rings. The van der Waals surface area contributed by atoms with E-state index in [0.29, 0.717) is 5.82 Å². The van der Waals surface area contributed by atoms with Crippen LogP contribution in [0, 0.1) is 0 Å². The van der Waals surface area contributed by atoms with Gasteiger partial charge in [0.15, 0.2) is 0 Å². The number of hydrogen-bond donors (Lipinski definition) is 1. The highest BCUT2D eigenvalue weighted by Gasteiger charge is 2.14. The molecule has 0 aliphatic carbocycles. The lowest BCUT2D eigenvalue weighted by atomic mass is 10.1. The van der Waals surface area contributed by atoms with Gasteiger partial charge in [-0.1, -0.05) is 24.3 Å². The van der Waals surface area contributed by atoms with E-state index in [9.17, 15) is 9.59 Å². The van der Waals surface area contributed by atoms with Gasteiger partial charge in [-0.3, -0.25) is 9.59 Å². The van der Waals surface area contributed by atoms with Crippen molar-refractivity contribution in [2.75, 3.05) is 5.32 Å². The molecule has 0 spiro atoms. The van der Waals surface area contributed by atoms with Gasteiger partial charge in [0.2, 0.25) is 0 Å². The summed E-state index contributed by atoms with van der Waals surface area (Å²) in [5, 5.41) is 3.47. The van der Waals surface area contributed by atoms with E-state index in [0.717, 1.165) is 10.9 Å². The summed E-state index contributed by atoms with van der Waals surface area (Å²) < 4.78 is 1.47. The predicted molar refractivity (Wildman–Crippen MR) is 81.4 cm³/mol. The van der Waals surface area contributed by atoms with Crippen molar-refractivity contribution in [2.45, 2.75) is 0 Å². The van der Waals surface area contributed by atoms with Crippen molar-refractivity contribution in [2.24, 2.45) is 7.05 Å². The van der Waals surface area contributed by atoms with E-state index >= 15 is 0 Å². The topological polar surface area (TPSA) is 64.0 Å². The minimum Gasteiger partial charge on any atom is -0.311 e. The maximum absolute atomic E-state index is 12.3. The summed E-state index contributed by atoms with van der Waals surface area (Å²) in [4.78, 5) is 28.6. The van der Waals surface area contributed by atoms with Crippen molar-refractivity contribution >= 4 is 22.6 Å². The number of fused-ring (bicyclic) bond motifs is 1. The maximum atomic E-state index is 12.3. The molecule has 21 heavy (non-hydrogen) atoms. The summed E-state index contributed by atoms with van der Waals surface area (Å²) in [5.41, 5.74) is 0.556. The number of aromatic nitrogens is 2. The Morgan fingerprint density at radius 2 is 1.90 bits per heavy atom. The molecule has 3 rings (SSSR count). The number of rotatable bonds is 2. The van der Waals surface area contributed by atoms with Crippen molar-refractivity contribution < 1.29 is 4.79 Å². The lowest BCUT2D eigenvalue weighted by molar-refractivity contribution is 0.102. The van der Waals surface area contributed by atoms with Crippen LogP contribution in [0.15, 0.2) is 59.5 Å². The molecule has 0 aliphatic rings. The molecule has 1 aromatic carbocycles. The molecule has 5 nitrogen and oxygen atoms in total. The first-order valence-corrected chi connectivity index (χ1v) is 6.48. The van der Waals surface area contributed by atoms with Crippen LogP contribution in [-0.4, -0.2) is 15.5 Å². The first kappa shape index (κ1) is 13.1. The highest BCUT2D eigenvalue weighted by molar-refractivity contribution is 6.05. The van der Waals surface area contributed by atoms with Gasteiger partial charge in [0.05, 0.1) is 5.52 Å². The molecule has 1 N–H and O–H groups in total. The van der Waals surface area contributed by atoms with E-state index in [1.165, 1.54) is 4.57 Å². The first-order chi connectivity index (χ1) is 10.2. The number of nitrogens with zero attached hydrogens (tertiary/aromatic N) is 2. The third-order valence-electron chi connectivity index (χ3n) is 3.28. The SMILES string of the molecule is Cn1c(=O)c(C(=O)Nc2ccccn2)cc2ccccc21. The van der Waals surface area contributed by atoms with Crippen LogP contribution in [-0.2, 0) is 7.05 Å². The van der Waals surface area contributed by atoms with Crippen molar-refractivity contribution in [1.29, 1.82) is 0 Å². The average Bonchev–Trinajstić information content (AvgIpc) is 2.52. The van der Waals surface area contributed by atoms with Gasteiger partial charge in [-0.25, -0.2) is 4.98 Å². The van der Waals surface area contributed by atoms with Gasteiger partial charge in [-0.2, -0.15) is 0 Å². The quantitative estimate of drug-likeness (QED) is 0.782. The molecule has 5 heteroatoms. The van der Waals surface area contributed by atoms with Gasteiger partial charge in [0, 0.05) is 13.2 Å². The van der Waals surface area contributed by atoms with E-state index in [4.69, 9.17) is 0 Å². The van der Waals surface area contributed by atoms with Crippen molar-refractivity contribution in [3.63, 3.8) is 0 Å². The van der Waals surface area contributed by atoms with Crippen molar-refractivity contribution in [3.8, 4) is 0 Å². The number of carbonyl (C=O) groups is 1. The molecule has 0 saturated carbocycles. The fraction of sp³-hybridized carbons (Fsp3) is 0.0625. The highest BCUT2D eigenvalue weighted by atomic mass is 16.2. The number of benzene rings is 1. The van der Waals surface area contributed by atoms with Crippen LogP contribution in [0.2, 0.25) is 0 Å². The minimum absolute atomic E-state index is 0.0989. The summed E-state index contributed by atoms with van der Waals surface area (Å²) in [7, 11) is 1.65. The standard InChI is InChI=1S/C16H13N3O2/c1-19-13-7-3-2-6-11(13)10-12(16(19)21)15(20)18-14-8-4-5-9-17-14/h2-10H,1H3,(H,17,18,20). The third kappa shape index (κ3) is 2.41. The van der Waals surface area contributed by atoms with E-state index in [1.54, 1.807) is 37.5 Å². The molecular weight excluding hydrogens is 266 g/mol.